The Morgan fingerprint density at radius 1 is 1.23 bits per heavy atom. The normalized spacial score (nSPS) is 15.4. The molecule has 0 aliphatic carbocycles. The summed E-state index contributed by atoms with van der Waals surface area (Å²) < 4.78 is 5.25. The molecule has 0 radical (unpaired) electrons. The number of carbonyl (C=O) groups excluding carboxylic acids is 1. The molecule has 1 amide bonds. The number of rotatable bonds is 6. The number of fused-ring (bicyclic) bond motifs is 1. The average molecular weight is 444 g/mol. The average Bonchev–Trinajstić information content (AvgIpc) is 3.28. The number of aromatic hydroxyl groups is 2. The molecular formula is C22H22ClN3O5. The molecule has 8 nitrogen and oxygen atoms in total. The molecule has 2 heterocycles. The van der Waals surface area contributed by atoms with Crippen LogP contribution in [0.3, 0.4) is 0 Å². The number of hydrogen-bond donors (Lipinski definition) is 4. The van der Waals surface area contributed by atoms with E-state index < -0.39 is 6.04 Å². The van der Waals surface area contributed by atoms with Crippen LogP contribution in [0.5, 0.6) is 17.2 Å². The number of nitrogens with one attached hydrogen (secondary N) is 1. The van der Waals surface area contributed by atoms with Crippen molar-refractivity contribution in [1.29, 1.82) is 0 Å². The van der Waals surface area contributed by atoms with Crippen LogP contribution in [0.4, 0.5) is 0 Å². The van der Waals surface area contributed by atoms with Gasteiger partial charge in [0, 0.05) is 29.3 Å². The van der Waals surface area contributed by atoms with Crippen LogP contribution in [-0.4, -0.2) is 56.6 Å². The number of hydrogen-bond acceptors (Lipinski definition) is 6. The van der Waals surface area contributed by atoms with E-state index in [1.165, 1.54) is 13.2 Å². The first-order valence-corrected chi connectivity index (χ1v) is 10.1. The Bertz CT molecular complexity index is 1160. The minimum absolute atomic E-state index is 0.000469. The van der Waals surface area contributed by atoms with Gasteiger partial charge in [-0.2, -0.15) is 5.10 Å². The van der Waals surface area contributed by atoms with Gasteiger partial charge in [0.05, 0.1) is 13.2 Å². The van der Waals surface area contributed by atoms with Gasteiger partial charge < -0.3 is 25.0 Å². The molecule has 2 aromatic carbocycles. The van der Waals surface area contributed by atoms with Gasteiger partial charge >= 0.3 is 0 Å². The standard InChI is InChI=1S/C22H22ClN3O5/c1-11-8-16(29)13(10-14(11)23)19-18-20(25-24-19)22(30)26(6-3-7-27)21(18)12-4-5-15(28)17(9-12)31-2/h4-5,8-10,21,27-29H,3,6-7H2,1-2H3,(H,24,25)/t21-/m0/s1. The van der Waals surface area contributed by atoms with Crippen LogP contribution in [0.25, 0.3) is 11.3 Å². The minimum atomic E-state index is -0.559. The van der Waals surface area contributed by atoms with Crippen molar-refractivity contribution in [3.8, 4) is 28.5 Å². The lowest BCUT2D eigenvalue weighted by Gasteiger charge is -2.26. The van der Waals surface area contributed by atoms with Gasteiger partial charge in [0.2, 0.25) is 0 Å². The van der Waals surface area contributed by atoms with Crippen molar-refractivity contribution >= 4 is 17.5 Å². The molecule has 1 atom stereocenters. The number of aliphatic hydroxyl groups excluding tert-OH is 1. The quantitative estimate of drug-likeness (QED) is 0.463. The topological polar surface area (TPSA) is 119 Å². The van der Waals surface area contributed by atoms with E-state index in [1.807, 2.05) is 0 Å². The lowest BCUT2D eigenvalue weighted by molar-refractivity contribution is 0.0732. The fourth-order valence-corrected chi connectivity index (χ4v) is 4.10. The predicted molar refractivity (Wildman–Crippen MR) is 115 cm³/mol. The maximum atomic E-state index is 13.2. The Morgan fingerprint density at radius 3 is 2.71 bits per heavy atom. The third kappa shape index (κ3) is 3.47. The van der Waals surface area contributed by atoms with Crippen LogP contribution < -0.4 is 4.74 Å². The summed E-state index contributed by atoms with van der Waals surface area (Å²) in [6, 6.07) is 7.48. The highest BCUT2D eigenvalue weighted by Crippen LogP contribution is 2.46. The van der Waals surface area contributed by atoms with Crippen molar-refractivity contribution in [2.24, 2.45) is 0 Å². The molecule has 0 saturated heterocycles. The summed E-state index contributed by atoms with van der Waals surface area (Å²) in [6.07, 6.45) is 0.395. The van der Waals surface area contributed by atoms with Crippen LogP contribution in [0.2, 0.25) is 5.02 Å². The molecule has 3 aromatic rings. The molecule has 4 rings (SSSR count). The number of carbonyl (C=O) groups is 1. The van der Waals surface area contributed by atoms with Gasteiger partial charge in [-0.15, -0.1) is 0 Å². The van der Waals surface area contributed by atoms with Crippen LogP contribution in [0, 0.1) is 6.92 Å². The first-order chi connectivity index (χ1) is 14.9. The van der Waals surface area contributed by atoms with Crippen LogP contribution in [-0.2, 0) is 0 Å². The molecule has 0 fully saturated rings. The summed E-state index contributed by atoms with van der Waals surface area (Å²) in [6.45, 7) is 2.03. The number of aromatic nitrogens is 2. The molecule has 31 heavy (non-hydrogen) atoms. The smallest absolute Gasteiger partial charge is 0.273 e. The van der Waals surface area contributed by atoms with Gasteiger partial charge in [0.1, 0.15) is 17.1 Å². The molecule has 162 valence electrons. The molecule has 0 saturated carbocycles. The molecule has 4 N–H and O–H groups in total. The maximum Gasteiger partial charge on any atom is 0.273 e. The first-order valence-electron chi connectivity index (χ1n) is 9.73. The summed E-state index contributed by atoms with van der Waals surface area (Å²) in [5.41, 5.74) is 3.12. The van der Waals surface area contributed by atoms with Gasteiger partial charge in [-0.1, -0.05) is 17.7 Å². The summed E-state index contributed by atoms with van der Waals surface area (Å²) >= 11 is 6.29. The number of amides is 1. The van der Waals surface area contributed by atoms with Crippen molar-refractivity contribution < 1.29 is 24.9 Å². The zero-order chi connectivity index (χ0) is 22.3. The highest BCUT2D eigenvalue weighted by molar-refractivity contribution is 6.31. The second-order valence-electron chi connectivity index (χ2n) is 7.39. The molecule has 1 aliphatic heterocycles. The number of ether oxygens (including phenoxy) is 1. The summed E-state index contributed by atoms with van der Waals surface area (Å²) in [4.78, 5) is 14.8. The number of aryl methyl sites for hydroxylation is 1. The Hall–Kier alpha value is -3.23. The van der Waals surface area contributed by atoms with Gasteiger partial charge in [-0.25, -0.2) is 0 Å². The number of nitrogens with zero attached hydrogens (tertiary/aromatic N) is 2. The van der Waals surface area contributed by atoms with Crippen molar-refractivity contribution in [2.45, 2.75) is 19.4 Å². The number of aliphatic hydroxyl groups is 1. The van der Waals surface area contributed by atoms with Crippen molar-refractivity contribution in [3.05, 3.63) is 57.7 Å². The lowest BCUT2D eigenvalue weighted by Crippen LogP contribution is -2.31. The molecule has 9 heteroatoms. The fraction of sp³-hybridized carbons (Fsp3) is 0.273. The molecule has 1 aliphatic rings. The lowest BCUT2D eigenvalue weighted by atomic mass is 9.95. The number of halogens is 1. The fourth-order valence-electron chi connectivity index (χ4n) is 3.94. The van der Waals surface area contributed by atoms with Crippen LogP contribution in [0.15, 0.2) is 30.3 Å². The Labute approximate surface area is 183 Å². The van der Waals surface area contributed by atoms with Gasteiger partial charge in [0.25, 0.3) is 5.91 Å². The highest BCUT2D eigenvalue weighted by Gasteiger charge is 2.42. The van der Waals surface area contributed by atoms with E-state index >= 15 is 0 Å². The number of benzene rings is 2. The monoisotopic (exact) mass is 443 g/mol. The van der Waals surface area contributed by atoms with E-state index in [0.717, 1.165) is 5.56 Å². The molecule has 0 spiro atoms. The van der Waals surface area contributed by atoms with E-state index in [1.54, 1.807) is 36.1 Å². The highest BCUT2D eigenvalue weighted by atomic mass is 35.5. The number of phenolic OH excluding ortho intramolecular Hbond substituents is 2. The predicted octanol–water partition coefficient (Wildman–Crippen LogP) is 3.39. The van der Waals surface area contributed by atoms with Crippen molar-refractivity contribution in [2.75, 3.05) is 20.3 Å². The molecule has 1 aromatic heterocycles. The summed E-state index contributed by atoms with van der Waals surface area (Å²) in [7, 11) is 1.45. The van der Waals surface area contributed by atoms with E-state index in [-0.39, 0.29) is 29.8 Å². The number of methoxy groups -OCH3 is 1. The van der Waals surface area contributed by atoms with Crippen LogP contribution >= 0.6 is 11.6 Å². The van der Waals surface area contributed by atoms with E-state index in [2.05, 4.69) is 10.2 Å². The molecule has 0 bridgehead atoms. The Kier molecular flexibility index (Phi) is 5.51. The van der Waals surface area contributed by atoms with Crippen LogP contribution in [0.1, 0.15) is 39.6 Å². The molecule has 0 unspecified atom stereocenters. The largest absolute Gasteiger partial charge is 0.507 e. The second kappa shape index (κ2) is 8.13. The summed E-state index contributed by atoms with van der Waals surface area (Å²) in [5, 5.41) is 37.5. The van der Waals surface area contributed by atoms with E-state index in [9.17, 15) is 20.1 Å². The molecular weight excluding hydrogens is 422 g/mol. The first kappa shape index (κ1) is 21.0. The Morgan fingerprint density at radius 2 is 2.00 bits per heavy atom. The Balaban J connectivity index is 1.92. The van der Waals surface area contributed by atoms with Gasteiger partial charge in [0.15, 0.2) is 11.5 Å². The maximum absolute atomic E-state index is 13.2. The van der Waals surface area contributed by atoms with E-state index in [4.69, 9.17) is 16.3 Å². The SMILES string of the molecule is COc1cc([C@H]2c3c(-c4cc(Cl)c(C)cc4O)n[nH]c3C(=O)N2CCCO)ccc1O. The van der Waals surface area contributed by atoms with Crippen molar-refractivity contribution in [1.82, 2.24) is 15.1 Å². The summed E-state index contributed by atoms with van der Waals surface area (Å²) in [5.74, 6) is -0.0173. The zero-order valence-corrected chi connectivity index (χ0v) is 17.8. The van der Waals surface area contributed by atoms with Crippen molar-refractivity contribution in [3.63, 3.8) is 0 Å². The van der Waals surface area contributed by atoms with Gasteiger partial charge in [-0.05, 0) is 48.7 Å². The minimum Gasteiger partial charge on any atom is -0.507 e. The number of aromatic amines is 1. The zero-order valence-electron chi connectivity index (χ0n) is 17.0. The van der Waals surface area contributed by atoms with E-state index in [0.29, 0.717) is 46.1 Å². The third-order valence-electron chi connectivity index (χ3n) is 5.47. The number of phenols is 2. The number of H-pyrrole nitrogens is 1. The second-order valence-corrected chi connectivity index (χ2v) is 7.80. The third-order valence-corrected chi connectivity index (χ3v) is 5.88. The van der Waals surface area contributed by atoms with Gasteiger partial charge in [-0.3, -0.25) is 9.89 Å².